The van der Waals surface area contributed by atoms with Crippen LogP contribution in [0.25, 0.3) is 0 Å². The molecule has 0 aromatic carbocycles. The van der Waals surface area contributed by atoms with Gasteiger partial charge in [-0.1, -0.05) is 6.92 Å². The normalized spacial score (nSPS) is 20.0. The number of nitrogens with one attached hydrogen (secondary N) is 2. The molecule has 0 radical (unpaired) electrons. The number of hydrogen-bond acceptors (Lipinski definition) is 4. The van der Waals surface area contributed by atoms with Gasteiger partial charge in [0.05, 0.1) is 11.7 Å². The Bertz CT molecular complexity index is 383. The van der Waals surface area contributed by atoms with Gasteiger partial charge in [0.1, 0.15) is 0 Å². The summed E-state index contributed by atoms with van der Waals surface area (Å²) in [5, 5.41) is 6.79. The lowest BCUT2D eigenvalue weighted by atomic mass is 10.2. The van der Waals surface area contributed by atoms with Gasteiger partial charge in [-0.15, -0.1) is 11.3 Å². The van der Waals surface area contributed by atoms with E-state index in [2.05, 4.69) is 22.5 Å². The second kappa shape index (κ2) is 4.93. The first-order chi connectivity index (χ1) is 7.70. The number of amides is 1. The lowest BCUT2D eigenvalue weighted by Gasteiger charge is -2.08. The van der Waals surface area contributed by atoms with Crippen LogP contribution in [0.1, 0.15) is 30.3 Å². The van der Waals surface area contributed by atoms with Gasteiger partial charge >= 0.3 is 0 Å². The summed E-state index contributed by atoms with van der Waals surface area (Å²) < 4.78 is 0. The molecule has 1 fully saturated rings. The van der Waals surface area contributed by atoms with Crippen LogP contribution in [-0.4, -0.2) is 23.5 Å². The summed E-state index contributed by atoms with van der Waals surface area (Å²) in [6, 6.07) is -0.0331. The van der Waals surface area contributed by atoms with E-state index < -0.39 is 0 Å². The molecule has 88 valence electrons. The monoisotopic (exact) mass is 239 g/mol. The molecule has 0 unspecified atom stereocenters. The Morgan fingerprint density at radius 1 is 1.69 bits per heavy atom. The Labute approximate surface area is 99.5 Å². The number of aromatic nitrogens is 1. The van der Waals surface area contributed by atoms with Gasteiger partial charge in [-0.3, -0.25) is 4.79 Å². The number of thiazole rings is 1. The van der Waals surface area contributed by atoms with Crippen molar-refractivity contribution in [2.75, 3.05) is 11.9 Å². The van der Waals surface area contributed by atoms with E-state index in [1.165, 1.54) is 4.88 Å². The molecule has 4 nitrogen and oxygen atoms in total. The fourth-order valence-electron chi connectivity index (χ4n) is 1.91. The van der Waals surface area contributed by atoms with Gasteiger partial charge < -0.3 is 10.6 Å². The van der Waals surface area contributed by atoms with Gasteiger partial charge in [-0.05, 0) is 32.7 Å². The minimum absolute atomic E-state index is 0.0331. The zero-order chi connectivity index (χ0) is 11.5. The molecule has 0 aliphatic carbocycles. The van der Waals surface area contributed by atoms with Crippen molar-refractivity contribution in [3.63, 3.8) is 0 Å². The summed E-state index contributed by atoms with van der Waals surface area (Å²) in [7, 11) is 0. The molecule has 0 spiro atoms. The minimum atomic E-state index is -0.0331. The number of aryl methyl sites for hydroxylation is 2. The molecular weight excluding hydrogens is 222 g/mol. The summed E-state index contributed by atoms with van der Waals surface area (Å²) in [6.07, 6.45) is 2.92. The average Bonchev–Trinajstić information content (AvgIpc) is 2.87. The fourth-order valence-corrected chi connectivity index (χ4v) is 2.82. The van der Waals surface area contributed by atoms with E-state index in [-0.39, 0.29) is 11.9 Å². The highest BCUT2D eigenvalue weighted by Gasteiger charge is 2.22. The Morgan fingerprint density at radius 2 is 2.50 bits per heavy atom. The van der Waals surface area contributed by atoms with Gasteiger partial charge in [0.15, 0.2) is 5.13 Å². The molecule has 5 heteroatoms. The van der Waals surface area contributed by atoms with E-state index in [9.17, 15) is 4.79 Å². The van der Waals surface area contributed by atoms with E-state index in [0.717, 1.165) is 36.6 Å². The van der Waals surface area contributed by atoms with Crippen LogP contribution in [0.2, 0.25) is 0 Å². The first-order valence-corrected chi connectivity index (χ1v) is 6.53. The van der Waals surface area contributed by atoms with E-state index in [1.54, 1.807) is 11.3 Å². The number of nitrogens with zero attached hydrogens (tertiary/aromatic N) is 1. The topological polar surface area (TPSA) is 54.0 Å². The molecule has 0 saturated carbocycles. The standard InChI is InChI=1S/C11H17N3OS/c1-3-8-7(2)16-11(13-8)14-10(15)9-5-4-6-12-9/h9,12H,3-6H2,1-2H3,(H,13,14,15)/t9-/m1/s1. The molecule has 1 aromatic rings. The number of rotatable bonds is 3. The molecule has 1 aromatic heterocycles. The van der Waals surface area contributed by atoms with Crippen LogP contribution in [-0.2, 0) is 11.2 Å². The van der Waals surface area contributed by atoms with Crippen LogP contribution in [0.3, 0.4) is 0 Å². The predicted molar refractivity (Wildman–Crippen MR) is 65.9 cm³/mol. The Morgan fingerprint density at radius 3 is 3.06 bits per heavy atom. The van der Waals surface area contributed by atoms with Crippen molar-refractivity contribution in [3.8, 4) is 0 Å². The third-order valence-corrected chi connectivity index (χ3v) is 3.76. The van der Waals surface area contributed by atoms with Gasteiger partial charge in [-0.2, -0.15) is 0 Å². The van der Waals surface area contributed by atoms with Crippen LogP contribution in [0.15, 0.2) is 0 Å². The molecule has 2 N–H and O–H groups in total. The fraction of sp³-hybridized carbons (Fsp3) is 0.636. The third-order valence-electron chi connectivity index (χ3n) is 2.83. The molecule has 1 aliphatic rings. The first-order valence-electron chi connectivity index (χ1n) is 5.71. The maximum atomic E-state index is 11.8. The van der Waals surface area contributed by atoms with Crippen molar-refractivity contribution in [2.24, 2.45) is 0 Å². The molecule has 2 rings (SSSR count). The van der Waals surface area contributed by atoms with Gasteiger partial charge in [0.25, 0.3) is 0 Å². The molecule has 2 heterocycles. The second-order valence-electron chi connectivity index (χ2n) is 4.01. The van der Waals surface area contributed by atoms with Crippen molar-refractivity contribution in [1.29, 1.82) is 0 Å². The number of hydrogen-bond donors (Lipinski definition) is 2. The van der Waals surface area contributed by atoms with Crippen LogP contribution in [0.4, 0.5) is 5.13 Å². The van der Waals surface area contributed by atoms with E-state index >= 15 is 0 Å². The summed E-state index contributed by atoms with van der Waals surface area (Å²) in [4.78, 5) is 17.4. The van der Waals surface area contributed by atoms with Crippen LogP contribution in [0.5, 0.6) is 0 Å². The summed E-state index contributed by atoms with van der Waals surface area (Å²) >= 11 is 1.56. The molecule has 1 aliphatic heterocycles. The summed E-state index contributed by atoms with van der Waals surface area (Å²) in [6.45, 7) is 5.06. The highest BCUT2D eigenvalue weighted by molar-refractivity contribution is 7.15. The van der Waals surface area contributed by atoms with Gasteiger partial charge in [-0.25, -0.2) is 4.98 Å². The zero-order valence-corrected chi connectivity index (χ0v) is 10.5. The SMILES string of the molecule is CCc1nc(NC(=O)[C@H]2CCCN2)sc1C. The molecule has 1 amide bonds. The molecule has 1 saturated heterocycles. The number of anilines is 1. The van der Waals surface area contributed by atoms with Crippen LogP contribution in [0, 0.1) is 6.92 Å². The Balaban J connectivity index is 1.99. The summed E-state index contributed by atoms with van der Waals surface area (Å²) in [5.74, 6) is 0.0499. The summed E-state index contributed by atoms with van der Waals surface area (Å²) in [5.41, 5.74) is 1.08. The lowest BCUT2D eigenvalue weighted by Crippen LogP contribution is -2.35. The van der Waals surface area contributed by atoms with Crippen molar-refractivity contribution in [3.05, 3.63) is 10.6 Å². The molecule has 16 heavy (non-hydrogen) atoms. The first kappa shape index (κ1) is 11.5. The van der Waals surface area contributed by atoms with Crippen molar-refractivity contribution >= 4 is 22.4 Å². The average molecular weight is 239 g/mol. The highest BCUT2D eigenvalue weighted by Crippen LogP contribution is 2.22. The van der Waals surface area contributed by atoms with Gasteiger partial charge in [0, 0.05) is 4.88 Å². The largest absolute Gasteiger partial charge is 0.306 e. The van der Waals surface area contributed by atoms with Crippen LogP contribution >= 0.6 is 11.3 Å². The van der Waals surface area contributed by atoms with E-state index in [4.69, 9.17) is 0 Å². The predicted octanol–water partition coefficient (Wildman–Crippen LogP) is 1.70. The lowest BCUT2D eigenvalue weighted by molar-refractivity contribution is -0.117. The van der Waals surface area contributed by atoms with Crippen molar-refractivity contribution < 1.29 is 4.79 Å². The van der Waals surface area contributed by atoms with Crippen molar-refractivity contribution in [2.45, 2.75) is 39.2 Å². The quantitative estimate of drug-likeness (QED) is 0.844. The molecule has 1 atom stereocenters. The molecule has 0 bridgehead atoms. The zero-order valence-electron chi connectivity index (χ0n) is 9.67. The van der Waals surface area contributed by atoms with E-state index in [0.29, 0.717) is 0 Å². The maximum Gasteiger partial charge on any atom is 0.243 e. The Kier molecular flexibility index (Phi) is 3.56. The third kappa shape index (κ3) is 2.41. The van der Waals surface area contributed by atoms with Gasteiger partial charge in [0.2, 0.25) is 5.91 Å². The minimum Gasteiger partial charge on any atom is -0.306 e. The second-order valence-corrected chi connectivity index (χ2v) is 5.22. The van der Waals surface area contributed by atoms with Crippen LogP contribution < -0.4 is 10.6 Å². The Hall–Kier alpha value is -0.940. The smallest absolute Gasteiger partial charge is 0.243 e. The highest BCUT2D eigenvalue weighted by atomic mass is 32.1. The number of carbonyl (C=O) groups is 1. The van der Waals surface area contributed by atoms with Crippen molar-refractivity contribution in [1.82, 2.24) is 10.3 Å². The maximum absolute atomic E-state index is 11.8. The molecular formula is C11H17N3OS. The van der Waals surface area contributed by atoms with E-state index in [1.807, 2.05) is 6.92 Å². The number of carbonyl (C=O) groups excluding carboxylic acids is 1.